The van der Waals surface area contributed by atoms with Crippen LogP contribution in [-0.2, 0) is 26.2 Å². The maximum Gasteiger partial charge on any atom is 0.419 e. The van der Waals surface area contributed by atoms with Gasteiger partial charge in [-0.3, -0.25) is 4.79 Å². The largest absolute Gasteiger partial charge is 0.419 e. The number of carbonyl (C=O) groups excluding carboxylic acids is 1. The summed E-state index contributed by atoms with van der Waals surface area (Å²) in [5.74, 6) is 0.496. The highest BCUT2D eigenvalue weighted by Crippen LogP contribution is 2.47. The molecule has 0 N–H and O–H groups in total. The van der Waals surface area contributed by atoms with Gasteiger partial charge in [0, 0.05) is 42.7 Å². The van der Waals surface area contributed by atoms with Crippen molar-refractivity contribution in [2.24, 2.45) is 0 Å². The summed E-state index contributed by atoms with van der Waals surface area (Å²) in [6.07, 6.45) is -3.16. The normalized spacial score (nSPS) is 27.1. The van der Waals surface area contributed by atoms with Crippen molar-refractivity contribution in [1.82, 2.24) is 25.1 Å². The zero-order valence-corrected chi connectivity index (χ0v) is 23.5. The summed E-state index contributed by atoms with van der Waals surface area (Å²) in [4.78, 5) is 27.5. The van der Waals surface area contributed by atoms with Gasteiger partial charge in [-0.15, -0.1) is 10.2 Å². The number of carbonyl (C=O) groups is 1. The number of hydrogen-bond donors (Lipinski definition) is 0. The van der Waals surface area contributed by atoms with Crippen LogP contribution in [-0.4, -0.2) is 81.6 Å². The number of alkyl halides is 3. The minimum Gasteiger partial charge on any atom is -0.350 e. The second kappa shape index (κ2) is 8.98. The molecule has 2 aromatic heterocycles. The molecule has 2 saturated heterocycles. The van der Waals surface area contributed by atoms with E-state index in [0.29, 0.717) is 30.2 Å². The maximum atomic E-state index is 13.6. The van der Waals surface area contributed by atoms with E-state index in [0.717, 1.165) is 6.07 Å². The molecule has 1 amide bonds. The van der Waals surface area contributed by atoms with E-state index in [1.165, 1.54) is 19.3 Å². The van der Waals surface area contributed by atoms with Gasteiger partial charge in [0.15, 0.2) is 21.3 Å². The first-order valence-electron chi connectivity index (χ1n) is 12.8. The molecule has 11 nitrogen and oxygen atoms in total. The van der Waals surface area contributed by atoms with Crippen LogP contribution in [0, 0.1) is 11.3 Å². The molecule has 0 saturated carbocycles. The molecule has 5 rings (SSSR count). The standard InChI is InChI=1S/C25H29F3N8O3S/c1-14-11-35(22(37)24(5)6-7-40(24,38)39)15(2)10-34(14)20-19-21(31-13-30-20)36(12-23(19,3)4)18-8-16(25(26,27)28)17(9-29)32-33-18/h8,13-15H,6-7,10-12H2,1-5H3/t14-,15+,24?/m0/s1. The fourth-order valence-electron chi connectivity index (χ4n) is 5.77. The number of anilines is 3. The summed E-state index contributed by atoms with van der Waals surface area (Å²) in [7, 11) is -3.48. The van der Waals surface area contributed by atoms with Crippen LogP contribution in [0.15, 0.2) is 12.4 Å². The Kier molecular flexibility index (Phi) is 6.29. The number of sulfone groups is 1. The molecule has 3 aliphatic rings. The number of piperazine rings is 1. The van der Waals surface area contributed by atoms with E-state index in [4.69, 9.17) is 5.26 Å². The molecule has 40 heavy (non-hydrogen) atoms. The number of rotatable bonds is 3. The lowest BCUT2D eigenvalue weighted by atomic mass is 9.87. The van der Waals surface area contributed by atoms with E-state index in [1.807, 2.05) is 32.6 Å². The predicted octanol–water partition coefficient (Wildman–Crippen LogP) is 2.59. The lowest BCUT2D eigenvalue weighted by molar-refractivity contribution is -0.138. The summed E-state index contributed by atoms with van der Waals surface area (Å²) in [6, 6.07) is 1.70. The second-order valence-electron chi connectivity index (χ2n) is 11.5. The number of hydrogen-bond acceptors (Lipinski definition) is 10. The summed E-state index contributed by atoms with van der Waals surface area (Å²) in [5.41, 5.74) is -1.88. The predicted molar refractivity (Wildman–Crippen MR) is 139 cm³/mol. The average molecular weight is 579 g/mol. The Morgan fingerprint density at radius 3 is 2.35 bits per heavy atom. The third-order valence-corrected chi connectivity index (χ3v) is 10.8. The Balaban J connectivity index is 1.49. The van der Waals surface area contributed by atoms with Gasteiger partial charge in [0.1, 0.15) is 28.8 Å². The van der Waals surface area contributed by atoms with Gasteiger partial charge in [-0.2, -0.15) is 18.4 Å². The molecule has 0 spiro atoms. The minimum absolute atomic E-state index is 0.00583. The van der Waals surface area contributed by atoms with Crippen molar-refractivity contribution in [3.63, 3.8) is 0 Å². The molecule has 2 aromatic rings. The smallest absolute Gasteiger partial charge is 0.350 e. The molecule has 0 aromatic carbocycles. The molecule has 1 unspecified atom stereocenters. The summed E-state index contributed by atoms with van der Waals surface area (Å²) in [5, 5.41) is 16.5. The van der Waals surface area contributed by atoms with E-state index >= 15 is 0 Å². The zero-order chi connectivity index (χ0) is 29.4. The first-order valence-corrected chi connectivity index (χ1v) is 14.4. The molecule has 0 bridgehead atoms. The van der Waals surface area contributed by atoms with Gasteiger partial charge in [-0.25, -0.2) is 18.4 Å². The number of halogens is 3. The number of amides is 1. The van der Waals surface area contributed by atoms with Crippen molar-refractivity contribution in [1.29, 1.82) is 5.26 Å². The fourth-order valence-corrected chi connectivity index (χ4v) is 7.30. The van der Waals surface area contributed by atoms with E-state index < -0.39 is 43.3 Å². The zero-order valence-electron chi connectivity index (χ0n) is 22.7. The lowest BCUT2D eigenvalue weighted by Gasteiger charge is -2.49. The van der Waals surface area contributed by atoms with Crippen LogP contribution >= 0.6 is 0 Å². The van der Waals surface area contributed by atoms with Gasteiger partial charge in [-0.05, 0) is 33.3 Å². The Morgan fingerprint density at radius 2 is 1.77 bits per heavy atom. The van der Waals surface area contributed by atoms with Crippen molar-refractivity contribution < 1.29 is 26.4 Å². The topological polar surface area (TPSA) is 136 Å². The third-order valence-electron chi connectivity index (χ3n) is 8.27. The molecule has 0 aliphatic carbocycles. The molecule has 5 heterocycles. The van der Waals surface area contributed by atoms with E-state index in [9.17, 15) is 26.4 Å². The highest BCUT2D eigenvalue weighted by atomic mass is 32.2. The minimum atomic E-state index is -4.79. The quantitative estimate of drug-likeness (QED) is 0.535. The van der Waals surface area contributed by atoms with Crippen LogP contribution in [0.25, 0.3) is 0 Å². The molecule has 3 aliphatic heterocycles. The van der Waals surface area contributed by atoms with Crippen molar-refractivity contribution in [3.8, 4) is 6.07 Å². The van der Waals surface area contributed by atoms with Gasteiger partial charge in [0.25, 0.3) is 0 Å². The number of fused-ring (bicyclic) bond motifs is 1. The molecule has 214 valence electrons. The summed E-state index contributed by atoms with van der Waals surface area (Å²) in [6.45, 7) is 10.0. The molecule has 2 fully saturated rings. The molecule has 0 radical (unpaired) electrons. The number of nitriles is 1. The first-order chi connectivity index (χ1) is 18.5. The van der Waals surface area contributed by atoms with Gasteiger partial charge >= 0.3 is 6.18 Å². The van der Waals surface area contributed by atoms with Crippen LogP contribution in [0.5, 0.6) is 0 Å². The number of nitrogens with zero attached hydrogens (tertiary/aromatic N) is 8. The molecular weight excluding hydrogens is 549 g/mol. The van der Waals surface area contributed by atoms with Crippen LogP contribution in [0.4, 0.5) is 30.6 Å². The number of aromatic nitrogens is 4. The fraction of sp³-hybridized carbons (Fsp3) is 0.600. The van der Waals surface area contributed by atoms with Crippen molar-refractivity contribution in [3.05, 3.63) is 29.2 Å². The Morgan fingerprint density at radius 1 is 1.10 bits per heavy atom. The lowest BCUT2D eigenvalue weighted by Crippen LogP contribution is -2.66. The van der Waals surface area contributed by atoms with Crippen LogP contribution < -0.4 is 9.80 Å². The van der Waals surface area contributed by atoms with Crippen LogP contribution in [0.3, 0.4) is 0 Å². The van der Waals surface area contributed by atoms with Crippen molar-refractivity contribution >= 4 is 33.2 Å². The summed E-state index contributed by atoms with van der Waals surface area (Å²) < 4.78 is 64.3. The SMILES string of the molecule is C[C@@H]1CN(c2ncnc3c2C(C)(C)CN3c2cc(C(F)(F)F)c(C#N)nn2)[C@@H](C)CN1C(=O)C1(C)CCS1(=O)=O. The second-order valence-corrected chi connectivity index (χ2v) is 14.1. The van der Waals surface area contributed by atoms with Crippen LogP contribution in [0.2, 0.25) is 0 Å². The molecular formula is C25H29F3N8O3S. The highest BCUT2D eigenvalue weighted by molar-refractivity contribution is 7.95. The third kappa shape index (κ3) is 4.15. The maximum absolute atomic E-state index is 13.6. The van der Waals surface area contributed by atoms with Gasteiger partial charge in [-0.1, -0.05) is 13.8 Å². The highest BCUT2D eigenvalue weighted by Gasteiger charge is 2.57. The van der Waals surface area contributed by atoms with Gasteiger partial charge in [0.05, 0.1) is 11.3 Å². The Labute approximate surface area is 229 Å². The monoisotopic (exact) mass is 578 g/mol. The van der Waals surface area contributed by atoms with E-state index in [1.54, 1.807) is 9.80 Å². The van der Waals surface area contributed by atoms with Crippen molar-refractivity contribution in [2.75, 3.05) is 35.2 Å². The Bertz CT molecular complexity index is 1540. The van der Waals surface area contributed by atoms with Gasteiger partial charge in [0.2, 0.25) is 5.91 Å². The average Bonchev–Trinajstić information content (AvgIpc) is 3.18. The first kappa shape index (κ1) is 28.0. The molecule has 3 atom stereocenters. The van der Waals surface area contributed by atoms with E-state index in [2.05, 4.69) is 20.2 Å². The van der Waals surface area contributed by atoms with Gasteiger partial charge < -0.3 is 14.7 Å². The van der Waals surface area contributed by atoms with E-state index in [-0.39, 0.29) is 36.7 Å². The Hall–Kier alpha value is -3.54. The molecule has 15 heteroatoms. The van der Waals surface area contributed by atoms with Crippen molar-refractivity contribution in [2.45, 2.75) is 69.5 Å². The summed E-state index contributed by atoms with van der Waals surface area (Å²) >= 11 is 0. The van der Waals surface area contributed by atoms with Crippen LogP contribution in [0.1, 0.15) is 57.9 Å².